The Balaban J connectivity index is 2.01. The molecule has 3 rings (SSSR count). The Morgan fingerprint density at radius 2 is 2.00 bits per heavy atom. The van der Waals surface area contributed by atoms with Crippen LogP contribution in [0, 0.1) is 0 Å². The summed E-state index contributed by atoms with van der Waals surface area (Å²) in [6.45, 7) is 2.17. The second-order valence-corrected chi connectivity index (χ2v) is 5.37. The third-order valence-electron chi connectivity index (χ3n) is 4.04. The molecule has 0 aromatic heterocycles. The molecule has 5 nitrogen and oxygen atoms in total. The molecule has 1 amide bonds. The molecular weight excluding hydrogens is 294 g/mol. The van der Waals surface area contributed by atoms with Crippen LogP contribution >= 0.6 is 0 Å². The van der Waals surface area contributed by atoms with Crippen LogP contribution < -0.4 is 4.90 Å². The van der Waals surface area contributed by atoms with Crippen molar-refractivity contribution in [2.75, 3.05) is 11.5 Å². The molecule has 0 saturated carbocycles. The van der Waals surface area contributed by atoms with Crippen molar-refractivity contribution in [2.24, 2.45) is 0 Å². The van der Waals surface area contributed by atoms with Gasteiger partial charge in [-0.15, -0.1) is 0 Å². The number of aromatic carboxylic acids is 1. The van der Waals surface area contributed by atoms with Crippen LogP contribution in [0.2, 0.25) is 0 Å². The summed E-state index contributed by atoms with van der Waals surface area (Å²) >= 11 is 0. The number of nitrogens with zero attached hydrogens (tertiary/aromatic N) is 1. The molecule has 1 aliphatic rings. The first-order valence-corrected chi connectivity index (χ1v) is 7.49. The molecule has 0 unspecified atom stereocenters. The number of ether oxygens (including phenoxy) is 1. The van der Waals surface area contributed by atoms with E-state index in [0.717, 1.165) is 5.56 Å². The van der Waals surface area contributed by atoms with E-state index < -0.39 is 12.1 Å². The summed E-state index contributed by atoms with van der Waals surface area (Å²) in [5.74, 6) is -0.961. The minimum atomic E-state index is -0.961. The number of carboxylic acid groups (broad SMARTS) is 1. The number of carboxylic acids is 1. The van der Waals surface area contributed by atoms with Crippen molar-refractivity contribution in [3.63, 3.8) is 0 Å². The topological polar surface area (TPSA) is 66.8 Å². The number of hydrogen-bond acceptors (Lipinski definition) is 3. The standard InChI is InChI=1S/C18H17NO4/c1-2-12-10-14(8-9-15(12)17(20)21)19-16(11-23-18(19)22)13-6-4-3-5-7-13/h3-10,16H,2,11H2,1H3,(H,20,21)/t16-/m0/s1. The van der Waals surface area contributed by atoms with Crippen LogP contribution in [-0.2, 0) is 11.2 Å². The monoisotopic (exact) mass is 311 g/mol. The average molecular weight is 311 g/mol. The molecule has 1 aliphatic heterocycles. The van der Waals surface area contributed by atoms with Crippen LogP contribution in [-0.4, -0.2) is 23.8 Å². The van der Waals surface area contributed by atoms with Gasteiger partial charge in [0.05, 0.1) is 11.6 Å². The highest BCUT2D eigenvalue weighted by Gasteiger charge is 2.35. The number of amides is 1. The molecule has 5 heteroatoms. The number of aryl methyl sites for hydroxylation is 1. The zero-order valence-corrected chi connectivity index (χ0v) is 12.7. The first kappa shape index (κ1) is 15.1. The van der Waals surface area contributed by atoms with Gasteiger partial charge in [-0.25, -0.2) is 9.59 Å². The van der Waals surface area contributed by atoms with E-state index in [1.807, 2.05) is 37.3 Å². The third-order valence-corrected chi connectivity index (χ3v) is 4.04. The molecular formula is C18H17NO4. The summed E-state index contributed by atoms with van der Waals surface area (Å²) in [7, 11) is 0. The van der Waals surface area contributed by atoms with E-state index in [0.29, 0.717) is 17.7 Å². The zero-order chi connectivity index (χ0) is 16.4. The number of anilines is 1. The largest absolute Gasteiger partial charge is 0.478 e. The molecule has 2 aromatic carbocycles. The fourth-order valence-electron chi connectivity index (χ4n) is 2.86. The predicted molar refractivity (Wildman–Crippen MR) is 85.8 cm³/mol. The van der Waals surface area contributed by atoms with Gasteiger partial charge in [0.15, 0.2) is 0 Å². The average Bonchev–Trinajstić information content (AvgIpc) is 2.96. The fourth-order valence-corrected chi connectivity index (χ4v) is 2.86. The summed E-state index contributed by atoms with van der Waals surface area (Å²) in [6, 6.07) is 14.4. The molecule has 0 radical (unpaired) electrons. The Morgan fingerprint density at radius 1 is 1.26 bits per heavy atom. The van der Waals surface area contributed by atoms with E-state index in [4.69, 9.17) is 4.74 Å². The lowest BCUT2D eigenvalue weighted by molar-refractivity contribution is 0.0695. The van der Waals surface area contributed by atoms with Crippen molar-refractivity contribution >= 4 is 17.7 Å². The van der Waals surface area contributed by atoms with Gasteiger partial charge in [-0.05, 0) is 35.7 Å². The Hall–Kier alpha value is -2.82. The van der Waals surface area contributed by atoms with Gasteiger partial charge in [0.2, 0.25) is 0 Å². The van der Waals surface area contributed by atoms with Gasteiger partial charge in [-0.1, -0.05) is 37.3 Å². The summed E-state index contributed by atoms with van der Waals surface area (Å²) in [4.78, 5) is 25.0. The van der Waals surface area contributed by atoms with Crippen molar-refractivity contribution in [3.05, 3.63) is 65.2 Å². The molecule has 1 heterocycles. The maximum absolute atomic E-state index is 12.2. The number of carbonyl (C=O) groups excluding carboxylic acids is 1. The summed E-state index contributed by atoms with van der Waals surface area (Å²) < 4.78 is 5.21. The SMILES string of the molecule is CCc1cc(N2C(=O)OC[C@H]2c2ccccc2)ccc1C(=O)O. The van der Waals surface area contributed by atoms with Gasteiger partial charge >= 0.3 is 12.1 Å². The van der Waals surface area contributed by atoms with Crippen LogP contribution in [0.4, 0.5) is 10.5 Å². The third kappa shape index (κ3) is 2.77. The lowest BCUT2D eigenvalue weighted by Gasteiger charge is -2.22. The molecule has 1 N–H and O–H groups in total. The first-order chi connectivity index (χ1) is 11.1. The highest BCUT2D eigenvalue weighted by Crippen LogP contribution is 2.34. The van der Waals surface area contributed by atoms with Crippen LogP contribution in [0.1, 0.15) is 34.5 Å². The maximum atomic E-state index is 12.2. The van der Waals surface area contributed by atoms with Crippen LogP contribution in [0.25, 0.3) is 0 Å². The first-order valence-electron chi connectivity index (χ1n) is 7.49. The van der Waals surface area contributed by atoms with Crippen molar-refractivity contribution < 1.29 is 19.4 Å². The molecule has 1 saturated heterocycles. The molecule has 1 fully saturated rings. The summed E-state index contributed by atoms with van der Waals surface area (Å²) in [6.07, 6.45) is 0.165. The Kier molecular flexibility index (Phi) is 4.02. The molecule has 0 spiro atoms. The van der Waals surface area contributed by atoms with E-state index >= 15 is 0 Å². The predicted octanol–water partition coefficient (Wildman–Crippen LogP) is 3.65. The van der Waals surface area contributed by atoms with Gasteiger partial charge in [0.25, 0.3) is 0 Å². The molecule has 118 valence electrons. The number of carbonyl (C=O) groups is 2. The number of rotatable bonds is 4. The van der Waals surface area contributed by atoms with Crippen molar-refractivity contribution in [1.29, 1.82) is 0 Å². The van der Waals surface area contributed by atoms with E-state index in [2.05, 4.69) is 0 Å². The Labute approximate surface area is 134 Å². The van der Waals surface area contributed by atoms with E-state index in [-0.39, 0.29) is 18.2 Å². The van der Waals surface area contributed by atoms with E-state index in [9.17, 15) is 14.7 Å². The number of benzene rings is 2. The smallest absolute Gasteiger partial charge is 0.415 e. The van der Waals surface area contributed by atoms with Gasteiger partial charge in [0, 0.05) is 5.69 Å². The van der Waals surface area contributed by atoms with Crippen molar-refractivity contribution in [3.8, 4) is 0 Å². The zero-order valence-electron chi connectivity index (χ0n) is 12.7. The number of hydrogen-bond donors (Lipinski definition) is 1. The van der Waals surface area contributed by atoms with Gasteiger partial charge < -0.3 is 9.84 Å². The van der Waals surface area contributed by atoms with Crippen LogP contribution in [0.3, 0.4) is 0 Å². The highest BCUT2D eigenvalue weighted by atomic mass is 16.6. The van der Waals surface area contributed by atoms with Crippen LogP contribution in [0.15, 0.2) is 48.5 Å². The normalized spacial score (nSPS) is 17.2. The van der Waals surface area contributed by atoms with E-state index in [1.165, 1.54) is 0 Å². The second kappa shape index (κ2) is 6.12. The molecule has 23 heavy (non-hydrogen) atoms. The van der Waals surface area contributed by atoms with E-state index in [1.54, 1.807) is 23.1 Å². The molecule has 0 aliphatic carbocycles. The van der Waals surface area contributed by atoms with Crippen molar-refractivity contribution in [1.82, 2.24) is 0 Å². The Bertz CT molecular complexity index is 742. The lowest BCUT2D eigenvalue weighted by atomic mass is 10.0. The molecule has 0 bridgehead atoms. The fraction of sp³-hybridized carbons (Fsp3) is 0.222. The second-order valence-electron chi connectivity index (χ2n) is 5.37. The minimum absolute atomic E-state index is 0.205. The van der Waals surface area contributed by atoms with Crippen LogP contribution in [0.5, 0.6) is 0 Å². The van der Waals surface area contributed by atoms with Gasteiger partial charge in [0.1, 0.15) is 6.61 Å². The maximum Gasteiger partial charge on any atom is 0.415 e. The van der Waals surface area contributed by atoms with Gasteiger partial charge in [-0.2, -0.15) is 0 Å². The Morgan fingerprint density at radius 3 is 2.65 bits per heavy atom. The molecule has 1 atom stereocenters. The lowest BCUT2D eigenvalue weighted by Crippen LogP contribution is -2.27. The highest BCUT2D eigenvalue weighted by molar-refractivity contribution is 5.93. The van der Waals surface area contributed by atoms with Gasteiger partial charge in [-0.3, -0.25) is 4.90 Å². The minimum Gasteiger partial charge on any atom is -0.478 e. The molecule has 2 aromatic rings. The summed E-state index contributed by atoms with van der Waals surface area (Å²) in [5, 5.41) is 9.23. The quantitative estimate of drug-likeness (QED) is 0.936. The number of cyclic esters (lactones) is 1. The summed E-state index contributed by atoms with van der Waals surface area (Å²) in [5.41, 5.74) is 2.60. The van der Waals surface area contributed by atoms with Crippen molar-refractivity contribution in [2.45, 2.75) is 19.4 Å².